The molecule has 0 aliphatic carbocycles. The molecule has 0 spiro atoms. The van der Waals surface area contributed by atoms with Crippen LogP contribution in [0.3, 0.4) is 0 Å². The number of halogens is 4. The van der Waals surface area contributed by atoms with Crippen LogP contribution in [0.25, 0.3) is 0 Å². The Kier molecular flexibility index (Phi) is 3.25. The van der Waals surface area contributed by atoms with Crippen molar-refractivity contribution in [2.75, 3.05) is 5.33 Å². The highest BCUT2D eigenvalue weighted by Gasteiger charge is 2.34. The predicted octanol–water partition coefficient (Wildman–Crippen LogP) is 2.68. The van der Waals surface area contributed by atoms with Gasteiger partial charge >= 0.3 is 6.18 Å². The van der Waals surface area contributed by atoms with Gasteiger partial charge in [-0.2, -0.15) is 13.2 Å². The van der Waals surface area contributed by atoms with E-state index in [4.69, 9.17) is 0 Å². The topological polar surface area (TPSA) is 30.0 Å². The molecular weight excluding hydrogens is 263 g/mol. The molecule has 0 aliphatic rings. The molecule has 2 nitrogen and oxygen atoms in total. The second kappa shape index (κ2) is 4.08. The van der Waals surface area contributed by atoms with E-state index in [1.165, 1.54) is 0 Å². The lowest BCUT2D eigenvalue weighted by Gasteiger charge is -2.09. The third-order valence-electron chi connectivity index (χ3n) is 1.55. The zero-order valence-electron chi connectivity index (χ0n) is 6.81. The molecule has 1 heterocycles. The van der Waals surface area contributed by atoms with Crippen molar-refractivity contribution in [2.45, 2.75) is 6.18 Å². The first kappa shape index (κ1) is 11.2. The molecule has 0 saturated carbocycles. The molecule has 0 atom stereocenters. The maximum atomic E-state index is 12.3. The number of pyridine rings is 1. The van der Waals surface area contributed by atoms with Crippen molar-refractivity contribution < 1.29 is 18.0 Å². The standard InChI is InChI=1S/C8H5BrF3NO/c9-3-7(14)5-4-13-2-1-6(5)8(10,11)12/h1-2,4H,3H2. The lowest BCUT2D eigenvalue weighted by Crippen LogP contribution is -2.14. The Morgan fingerprint density at radius 1 is 1.50 bits per heavy atom. The summed E-state index contributed by atoms with van der Waals surface area (Å²) >= 11 is 2.81. The lowest BCUT2D eigenvalue weighted by atomic mass is 10.1. The molecular formula is C8H5BrF3NO. The monoisotopic (exact) mass is 267 g/mol. The first-order valence-corrected chi connectivity index (χ1v) is 4.69. The lowest BCUT2D eigenvalue weighted by molar-refractivity contribution is -0.138. The van der Waals surface area contributed by atoms with Crippen LogP contribution in [0.15, 0.2) is 18.5 Å². The van der Waals surface area contributed by atoms with Gasteiger partial charge in [-0.3, -0.25) is 9.78 Å². The van der Waals surface area contributed by atoms with Gasteiger partial charge in [-0.1, -0.05) is 15.9 Å². The highest BCUT2D eigenvalue weighted by molar-refractivity contribution is 9.09. The minimum Gasteiger partial charge on any atom is -0.293 e. The van der Waals surface area contributed by atoms with Crippen LogP contribution < -0.4 is 0 Å². The van der Waals surface area contributed by atoms with Crippen LogP contribution >= 0.6 is 15.9 Å². The summed E-state index contributed by atoms with van der Waals surface area (Å²) in [4.78, 5) is 14.6. The molecule has 0 bridgehead atoms. The van der Waals surface area contributed by atoms with Gasteiger partial charge in [0.2, 0.25) is 0 Å². The van der Waals surface area contributed by atoms with Crippen LogP contribution in [-0.4, -0.2) is 16.1 Å². The average Bonchev–Trinajstić information content (AvgIpc) is 2.15. The summed E-state index contributed by atoms with van der Waals surface area (Å²) < 4.78 is 37.0. The van der Waals surface area contributed by atoms with E-state index in [9.17, 15) is 18.0 Å². The molecule has 1 aromatic heterocycles. The molecule has 1 aromatic rings. The summed E-state index contributed by atoms with van der Waals surface area (Å²) in [5, 5.41) is -0.151. The van der Waals surface area contributed by atoms with Gasteiger partial charge in [0.1, 0.15) is 0 Å². The summed E-state index contributed by atoms with van der Waals surface area (Å²) in [5.74, 6) is -0.634. The van der Waals surface area contributed by atoms with Crippen molar-refractivity contribution in [3.05, 3.63) is 29.6 Å². The van der Waals surface area contributed by atoms with E-state index in [2.05, 4.69) is 20.9 Å². The van der Waals surface area contributed by atoms with E-state index in [1.54, 1.807) is 0 Å². The molecule has 6 heteroatoms. The Morgan fingerprint density at radius 3 is 2.64 bits per heavy atom. The van der Waals surface area contributed by atoms with Crippen molar-refractivity contribution in [3.63, 3.8) is 0 Å². The number of hydrogen-bond acceptors (Lipinski definition) is 2. The minimum absolute atomic E-state index is 0.151. The van der Waals surface area contributed by atoms with Crippen LogP contribution in [0, 0.1) is 0 Å². The number of hydrogen-bond donors (Lipinski definition) is 0. The van der Waals surface area contributed by atoms with Crippen molar-refractivity contribution in [3.8, 4) is 0 Å². The first-order chi connectivity index (χ1) is 6.46. The van der Waals surface area contributed by atoms with E-state index >= 15 is 0 Å². The van der Waals surface area contributed by atoms with Gasteiger partial charge in [-0.25, -0.2) is 0 Å². The van der Waals surface area contributed by atoms with Crippen molar-refractivity contribution in [1.82, 2.24) is 4.98 Å². The van der Waals surface area contributed by atoms with Crippen LogP contribution in [-0.2, 0) is 6.18 Å². The van der Waals surface area contributed by atoms with Gasteiger partial charge in [0, 0.05) is 18.0 Å². The molecule has 0 saturated heterocycles. The normalized spacial score (nSPS) is 11.4. The summed E-state index contributed by atoms with van der Waals surface area (Å²) in [7, 11) is 0. The van der Waals surface area contributed by atoms with E-state index in [-0.39, 0.29) is 5.33 Å². The molecule has 14 heavy (non-hydrogen) atoms. The Hall–Kier alpha value is -0.910. The number of aromatic nitrogens is 1. The molecule has 0 radical (unpaired) electrons. The van der Waals surface area contributed by atoms with Crippen LogP contribution in [0.4, 0.5) is 13.2 Å². The van der Waals surface area contributed by atoms with Gasteiger partial charge in [0.25, 0.3) is 0 Å². The summed E-state index contributed by atoms with van der Waals surface area (Å²) in [6, 6.07) is 0.788. The smallest absolute Gasteiger partial charge is 0.293 e. The highest BCUT2D eigenvalue weighted by atomic mass is 79.9. The number of nitrogens with zero attached hydrogens (tertiary/aromatic N) is 1. The number of Topliss-reactive ketones (excluding diaryl/α,β-unsaturated/α-hetero) is 1. The summed E-state index contributed by atoms with van der Waals surface area (Å²) in [6.45, 7) is 0. The Balaban J connectivity index is 3.23. The molecule has 1 rings (SSSR count). The molecule has 76 valence electrons. The van der Waals surface area contributed by atoms with E-state index in [0.717, 1.165) is 18.5 Å². The zero-order chi connectivity index (χ0) is 10.8. The Bertz CT molecular complexity index is 351. The second-order valence-corrected chi connectivity index (χ2v) is 3.04. The van der Waals surface area contributed by atoms with Crippen molar-refractivity contribution in [2.24, 2.45) is 0 Å². The maximum Gasteiger partial charge on any atom is 0.417 e. The van der Waals surface area contributed by atoms with E-state index in [0.29, 0.717) is 0 Å². The predicted molar refractivity (Wildman–Crippen MR) is 47.4 cm³/mol. The Morgan fingerprint density at radius 2 is 2.14 bits per heavy atom. The van der Waals surface area contributed by atoms with Crippen LogP contribution in [0.2, 0.25) is 0 Å². The number of rotatable bonds is 2. The van der Waals surface area contributed by atoms with Gasteiger partial charge in [-0.05, 0) is 6.07 Å². The molecule has 0 fully saturated rings. The van der Waals surface area contributed by atoms with Crippen LogP contribution in [0.5, 0.6) is 0 Å². The SMILES string of the molecule is O=C(CBr)c1cnccc1C(F)(F)F. The van der Waals surface area contributed by atoms with E-state index < -0.39 is 23.1 Å². The number of ketones is 1. The second-order valence-electron chi connectivity index (χ2n) is 2.48. The first-order valence-electron chi connectivity index (χ1n) is 3.57. The fraction of sp³-hybridized carbons (Fsp3) is 0.250. The quantitative estimate of drug-likeness (QED) is 0.609. The minimum atomic E-state index is -4.52. The molecule has 0 aromatic carbocycles. The molecule has 0 aliphatic heterocycles. The van der Waals surface area contributed by atoms with Gasteiger partial charge in [-0.15, -0.1) is 0 Å². The number of carbonyl (C=O) groups excluding carboxylic acids is 1. The zero-order valence-corrected chi connectivity index (χ0v) is 8.39. The Labute approximate surface area is 86.3 Å². The fourth-order valence-corrected chi connectivity index (χ4v) is 1.24. The fourth-order valence-electron chi connectivity index (χ4n) is 0.936. The molecule has 0 unspecified atom stereocenters. The third kappa shape index (κ3) is 2.31. The van der Waals surface area contributed by atoms with Crippen LogP contribution in [0.1, 0.15) is 15.9 Å². The largest absolute Gasteiger partial charge is 0.417 e. The number of carbonyl (C=O) groups is 1. The summed E-state index contributed by atoms with van der Waals surface area (Å²) in [6.07, 6.45) is -2.59. The number of alkyl halides is 4. The average molecular weight is 268 g/mol. The van der Waals surface area contributed by atoms with E-state index in [1.807, 2.05) is 0 Å². The van der Waals surface area contributed by atoms with Crippen molar-refractivity contribution in [1.29, 1.82) is 0 Å². The highest BCUT2D eigenvalue weighted by Crippen LogP contribution is 2.31. The van der Waals surface area contributed by atoms with Gasteiger partial charge in [0.15, 0.2) is 5.78 Å². The van der Waals surface area contributed by atoms with Crippen molar-refractivity contribution >= 4 is 21.7 Å². The molecule has 0 N–H and O–H groups in total. The summed E-state index contributed by atoms with van der Waals surface area (Å²) in [5.41, 5.74) is -1.35. The van der Waals surface area contributed by atoms with Gasteiger partial charge in [0.05, 0.1) is 10.9 Å². The van der Waals surface area contributed by atoms with Gasteiger partial charge < -0.3 is 0 Å². The third-order valence-corrected chi connectivity index (χ3v) is 2.06. The maximum absolute atomic E-state index is 12.3. The molecule has 0 amide bonds.